The molecule has 1 N–H and O–H groups in total. The molecule has 1 aliphatic rings. The number of halogens is 2. The van der Waals surface area contributed by atoms with Gasteiger partial charge in [0.05, 0.1) is 17.7 Å². The van der Waals surface area contributed by atoms with E-state index in [0.717, 1.165) is 5.56 Å². The van der Waals surface area contributed by atoms with Gasteiger partial charge in [0.25, 0.3) is 0 Å². The lowest BCUT2D eigenvalue weighted by Gasteiger charge is -2.32. The highest BCUT2D eigenvalue weighted by Gasteiger charge is 2.32. The molecule has 2 atom stereocenters. The van der Waals surface area contributed by atoms with Crippen molar-refractivity contribution in [3.8, 4) is 0 Å². The van der Waals surface area contributed by atoms with Crippen LogP contribution in [0.25, 0.3) is 0 Å². The molecule has 2 aromatic carbocycles. The summed E-state index contributed by atoms with van der Waals surface area (Å²) < 4.78 is 40.1. The quantitative estimate of drug-likeness (QED) is 0.743. The Labute approximate surface area is 175 Å². The topological polar surface area (TPSA) is 66.5 Å². The highest BCUT2D eigenvalue weighted by molar-refractivity contribution is 7.88. The van der Waals surface area contributed by atoms with E-state index in [1.54, 1.807) is 36.4 Å². The highest BCUT2D eigenvalue weighted by Crippen LogP contribution is 2.23. The number of carbonyl (C=O) groups is 1. The minimum absolute atomic E-state index is 0.145. The van der Waals surface area contributed by atoms with E-state index < -0.39 is 15.9 Å². The Kier molecular flexibility index (Phi) is 6.93. The maximum Gasteiger partial charge on any atom is 0.224 e. The van der Waals surface area contributed by atoms with Gasteiger partial charge in [0.15, 0.2) is 0 Å². The summed E-state index contributed by atoms with van der Waals surface area (Å²) in [6.45, 7) is 2.38. The number of carbonyl (C=O) groups excluding carboxylic acids is 1. The maximum absolute atomic E-state index is 13.1. The summed E-state index contributed by atoms with van der Waals surface area (Å²) in [6, 6.07) is 12.4. The third kappa shape index (κ3) is 5.78. The molecule has 3 rings (SSSR count). The molecule has 0 saturated carbocycles. The van der Waals surface area contributed by atoms with Crippen molar-refractivity contribution >= 4 is 27.5 Å². The predicted molar refractivity (Wildman–Crippen MR) is 111 cm³/mol. The smallest absolute Gasteiger partial charge is 0.224 e. The van der Waals surface area contributed by atoms with Gasteiger partial charge in [-0.3, -0.25) is 4.79 Å². The number of nitrogens with zero attached hydrogens (tertiary/aromatic N) is 1. The van der Waals surface area contributed by atoms with Gasteiger partial charge in [-0.25, -0.2) is 17.1 Å². The van der Waals surface area contributed by atoms with Crippen molar-refractivity contribution in [1.82, 2.24) is 9.62 Å². The molecule has 0 spiro atoms. The second-order valence-electron chi connectivity index (χ2n) is 7.37. The van der Waals surface area contributed by atoms with E-state index in [1.807, 2.05) is 6.92 Å². The second kappa shape index (κ2) is 9.24. The van der Waals surface area contributed by atoms with Crippen LogP contribution in [0, 0.1) is 11.7 Å². The average Bonchev–Trinajstić information content (AvgIpc) is 2.68. The van der Waals surface area contributed by atoms with Crippen LogP contribution in [-0.4, -0.2) is 31.7 Å². The fourth-order valence-electron chi connectivity index (χ4n) is 3.50. The van der Waals surface area contributed by atoms with Gasteiger partial charge in [0.1, 0.15) is 5.82 Å². The van der Waals surface area contributed by atoms with E-state index in [-0.39, 0.29) is 30.1 Å². The van der Waals surface area contributed by atoms with Gasteiger partial charge in [0, 0.05) is 18.1 Å². The van der Waals surface area contributed by atoms with Crippen LogP contribution in [0.15, 0.2) is 48.5 Å². The first-order valence-corrected chi connectivity index (χ1v) is 11.5. The SMILES string of the molecule is C[C@H](NC(=O)[C@@H]1CCCN(S(=O)(=O)Cc2cccc(Cl)c2)C1)c1ccc(F)cc1. The molecule has 29 heavy (non-hydrogen) atoms. The number of amides is 1. The number of rotatable bonds is 6. The van der Waals surface area contributed by atoms with Crippen molar-refractivity contribution in [1.29, 1.82) is 0 Å². The summed E-state index contributed by atoms with van der Waals surface area (Å²) in [7, 11) is -3.55. The maximum atomic E-state index is 13.1. The zero-order valence-corrected chi connectivity index (χ0v) is 17.7. The van der Waals surface area contributed by atoms with E-state index in [9.17, 15) is 17.6 Å². The minimum Gasteiger partial charge on any atom is -0.349 e. The molecule has 5 nitrogen and oxygen atoms in total. The fraction of sp³-hybridized carbons (Fsp3) is 0.381. The van der Waals surface area contributed by atoms with E-state index in [4.69, 9.17) is 11.6 Å². The molecule has 1 heterocycles. The van der Waals surface area contributed by atoms with Gasteiger partial charge in [-0.05, 0) is 55.2 Å². The molecule has 1 aliphatic heterocycles. The molecule has 156 valence electrons. The largest absolute Gasteiger partial charge is 0.349 e. The van der Waals surface area contributed by atoms with Crippen molar-refractivity contribution in [2.45, 2.75) is 31.6 Å². The van der Waals surface area contributed by atoms with E-state index in [1.165, 1.54) is 16.4 Å². The van der Waals surface area contributed by atoms with Crippen molar-refractivity contribution in [2.75, 3.05) is 13.1 Å². The summed E-state index contributed by atoms with van der Waals surface area (Å²) in [5.74, 6) is -1.08. The Balaban J connectivity index is 1.63. The summed E-state index contributed by atoms with van der Waals surface area (Å²) in [6.07, 6.45) is 1.25. The Hall–Kier alpha value is -1.96. The molecular weight excluding hydrogens is 415 g/mol. The van der Waals surface area contributed by atoms with E-state index >= 15 is 0 Å². The molecule has 1 saturated heterocycles. The second-order valence-corrected chi connectivity index (χ2v) is 9.77. The first-order valence-electron chi connectivity index (χ1n) is 9.53. The zero-order chi connectivity index (χ0) is 21.0. The van der Waals surface area contributed by atoms with Crippen LogP contribution in [0.4, 0.5) is 4.39 Å². The molecule has 0 radical (unpaired) electrons. The standard InChI is InChI=1S/C21H24ClFN2O3S/c1-15(17-7-9-20(23)10-8-17)24-21(26)18-5-3-11-25(13-18)29(27,28)14-16-4-2-6-19(22)12-16/h2,4,6-10,12,15,18H,3,5,11,13-14H2,1H3,(H,24,26)/t15-,18+/m0/s1. The van der Waals surface area contributed by atoms with Gasteiger partial charge in [-0.2, -0.15) is 0 Å². The molecule has 8 heteroatoms. The van der Waals surface area contributed by atoms with Gasteiger partial charge in [-0.1, -0.05) is 35.9 Å². The summed E-state index contributed by atoms with van der Waals surface area (Å²) in [4.78, 5) is 12.7. The van der Waals surface area contributed by atoms with Gasteiger partial charge in [0.2, 0.25) is 15.9 Å². The van der Waals surface area contributed by atoms with Crippen LogP contribution in [0.1, 0.15) is 36.9 Å². The molecule has 1 amide bonds. The average molecular weight is 439 g/mol. The monoisotopic (exact) mass is 438 g/mol. The lowest BCUT2D eigenvalue weighted by Crippen LogP contribution is -2.46. The number of nitrogens with one attached hydrogen (secondary N) is 1. The van der Waals surface area contributed by atoms with Crippen molar-refractivity contribution in [2.24, 2.45) is 5.92 Å². The van der Waals surface area contributed by atoms with Gasteiger partial charge < -0.3 is 5.32 Å². The molecule has 0 unspecified atom stereocenters. The fourth-order valence-corrected chi connectivity index (χ4v) is 5.31. The molecule has 0 aromatic heterocycles. The Morgan fingerprint density at radius 2 is 2.00 bits per heavy atom. The van der Waals surface area contributed by atoms with Crippen molar-refractivity contribution in [3.05, 3.63) is 70.5 Å². The van der Waals surface area contributed by atoms with Gasteiger partial charge in [-0.15, -0.1) is 0 Å². The lowest BCUT2D eigenvalue weighted by molar-refractivity contribution is -0.126. The molecular formula is C21H24ClFN2O3S. The van der Waals surface area contributed by atoms with Gasteiger partial charge >= 0.3 is 0 Å². The van der Waals surface area contributed by atoms with Crippen LogP contribution >= 0.6 is 11.6 Å². The van der Waals surface area contributed by atoms with E-state index in [0.29, 0.717) is 30.0 Å². The zero-order valence-electron chi connectivity index (χ0n) is 16.1. The van der Waals surface area contributed by atoms with Crippen molar-refractivity contribution in [3.63, 3.8) is 0 Å². The van der Waals surface area contributed by atoms with Crippen LogP contribution in [-0.2, 0) is 20.6 Å². The molecule has 0 aliphatic carbocycles. The third-order valence-corrected chi connectivity index (χ3v) is 7.17. The first-order chi connectivity index (χ1) is 13.7. The summed E-state index contributed by atoms with van der Waals surface area (Å²) in [5.41, 5.74) is 1.41. The minimum atomic E-state index is -3.55. The van der Waals surface area contributed by atoms with Crippen LogP contribution in [0.3, 0.4) is 0 Å². The number of sulfonamides is 1. The normalized spacial score (nSPS) is 18.9. The number of hydrogen-bond acceptors (Lipinski definition) is 3. The predicted octanol–water partition coefficient (Wildman–Crippen LogP) is 3.90. The van der Waals surface area contributed by atoms with Crippen LogP contribution in [0.2, 0.25) is 5.02 Å². The lowest BCUT2D eigenvalue weighted by atomic mass is 9.98. The van der Waals surface area contributed by atoms with Crippen LogP contribution < -0.4 is 5.32 Å². The number of hydrogen-bond donors (Lipinski definition) is 1. The first kappa shape index (κ1) is 21.7. The molecule has 2 aromatic rings. The summed E-state index contributed by atoms with van der Waals surface area (Å²) in [5, 5.41) is 3.40. The third-order valence-electron chi connectivity index (χ3n) is 5.12. The van der Waals surface area contributed by atoms with E-state index in [2.05, 4.69) is 5.32 Å². The number of piperidine rings is 1. The number of benzene rings is 2. The highest BCUT2D eigenvalue weighted by atomic mass is 35.5. The Morgan fingerprint density at radius 1 is 1.28 bits per heavy atom. The Bertz CT molecular complexity index is 966. The Morgan fingerprint density at radius 3 is 2.69 bits per heavy atom. The van der Waals surface area contributed by atoms with Crippen molar-refractivity contribution < 1.29 is 17.6 Å². The van der Waals surface area contributed by atoms with Crippen LogP contribution in [0.5, 0.6) is 0 Å². The molecule has 0 bridgehead atoms. The summed E-state index contributed by atoms with van der Waals surface area (Å²) >= 11 is 5.95. The molecule has 1 fully saturated rings.